The highest BCUT2D eigenvalue weighted by Crippen LogP contribution is 2.21. The minimum absolute atomic E-state index is 0.0218. The summed E-state index contributed by atoms with van der Waals surface area (Å²) in [4.78, 5) is 47.7. The molecule has 7 nitrogen and oxygen atoms in total. The molecule has 0 atom stereocenters. The molecule has 2 rings (SSSR count). The molecular formula is C25H29NO6. The van der Waals surface area contributed by atoms with E-state index >= 15 is 0 Å². The number of benzene rings is 1. The van der Waals surface area contributed by atoms with Gasteiger partial charge in [0.2, 0.25) is 5.78 Å². The molecule has 0 fully saturated rings. The standard InChI is InChI=1S/C16H12O5.C9H17NO/c1-10-4-2-3-5-11(10)16(20)12-8-14(13(19)6-7-17)21-15(12)9-18;1-4-10(5-2)8-6-7-9-11-3/h2-5,7-9H,6H2,1H3;4-5,8-9H2,1-3H3. The Bertz CT molecular complexity index is 976. The van der Waals surface area contributed by atoms with Gasteiger partial charge in [-0.25, -0.2) is 0 Å². The Kier molecular flexibility index (Phi) is 12.2. The van der Waals surface area contributed by atoms with E-state index in [-0.39, 0.29) is 23.5 Å². The van der Waals surface area contributed by atoms with Crippen LogP contribution in [0, 0.1) is 18.8 Å². The quantitative estimate of drug-likeness (QED) is 0.242. The molecule has 32 heavy (non-hydrogen) atoms. The van der Waals surface area contributed by atoms with Gasteiger partial charge in [0, 0.05) is 12.7 Å². The van der Waals surface area contributed by atoms with Crippen LogP contribution in [0.25, 0.3) is 0 Å². The van der Waals surface area contributed by atoms with Crippen molar-refractivity contribution in [2.24, 2.45) is 0 Å². The van der Waals surface area contributed by atoms with E-state index < -0.39 is 11.6 Å². The zero-order chi connectivity index (χ0) is 23.9. The van der Waals surface area contributed by atoms with Crippen LogP contribution in [0.3, 0.4) is 0 Å². The van der Waals surface area contributed by atoms with E-state index in [1.54, 1.807) is 38.3 Å². The predicted molar refractivity (Wildman–Crippen MR) is 121 cm³/mol. The number of carbonyl (C=O) groups excluding carboxylic acids is 4. The lowest BCUT2D eigenvalue weighted by Crippen LogP contribution is -2.22. The van der Waals surface area contributed by atoms with Gasteiger partial charge in [-0.1, -0.05) is 50.0 Å². The van der Waals surface area contributed by atoms with Crippen molar-refractivity contribution >= 4 is 24.1 Å². The first kappa shape index (κ1) is 26.7. The number of methoxy groups -OCH3 is 1. The van der Waals surface area contributed by atoms with Crippen LogP contribution in [-0.4, -0.2) is 62.4 Å². The van der Waals surface area contributed by atoms with Crippen LogP contribution in [0.5, 0.6) is 0 Å². The molecule has 0 saturated heterocycles. The van der Waals surface area contributed by atoms with E-state index in [1.807, 2.05) is 0 Å². The van der Waals surface area contributed by atoms with Gasteiger partial charge in [0.05, 0.1) is 18.5 Å². The summed E-state index contributed by atoms with van der Waals surface area (Å²) in [5, 5.41) is 0. The van der Waals surface area contributed by atoms with Crippen LogP contribution < -0.4 is 0 Å². The van der Waals surface area contributed by atoms with Crippen LogP contribution in [-0.2, 0) is 9.53 Å². The molecule has 0 aliphatic rings. The average molecular weight is 440 g/mol. The fraction of sp³-hybridized carbons (Fsp3) is 0.360. The van der Waals surface area contributed by atoms with E-state index in [0.29, 0.717) is 24.7 Å². The molecule has 0 unspecified atom stereocenters. The number of hydrogen-bond acceptors (Lipinski definition) is 7. The topological polar surface area (TPSA) is 93.9 Å². The lowest BCUT2D eigenvalue weighted by molar-refractivity contribution is -0.107. The molecule has 0 radical (unpaired) electrons. The second kappa shape index (κ2) is 14.6. The van der Waals surface area contributed by atoms with E-state index in [4.69, 9.17) is 9.15 Å². The Hall–Kier alpha value is -3.34. The van der Waals surface area contributed by atoms with Crippen LogP contribution in [0.15, 0.2) is 34.7 Å². The monoisotopic (exact) mass is 439 g/mol. The minimum atomic E-state index is -0.572. The number of ketones is 2. The molecule has 0 aliphatic heterocycles. The number of nitrogens with zero attached hydrogens (tertiary/aromatic N) is 1. The van der Waals surface area contributed by atoms with Crippen molar-refractivity contribution in [1.82, 2.24) is 4.90 Å². The summed E-state index contributed by atoms with van der Waals surface area (Å²) in [5.41, 5.74) is 1.20. The fourth-order valence-electron chi connectivity index (χ4n) is 2.69. The third kappa shape index (κ3) is 8.06. The third-order valence-electron chi connectivity index (χ3n) is 4.58. The van der Waals surface area contributed by atoms with Crippen molar-refractivity contribution in [3.63, 3.8) is 0 Å². The second-order valence-corrected chi connectivity index (χ2v) is 6.69. The summed E-state index contributed by atoms with van der Waals surface area (Å²) < 4.78 is 9.86. The second-order valence-electron chi connectivity index (χ2n) is 6.69. The number of aldehydes is 2. The van der Waals surface area contributed by atoms with E-state index in [1.165, 1.54) is 6.07 Å². The van der Waals surface area contributed by atoms with Crippen molar-refractivity contribution in [2.75, 3.05) is 33.4 Å². The Morgan fingerprint density at radius 1 is 1.09 bits per heavy atom. The van der Waals surface area contributed by atoms with Gasteiger partial charge in [-0.3, -0.25) is 19.3 Å². The number of rotatable bonds is 10. The number of aryl methyl sites for hydroxylation is 1. The molecule has 1 aromatic carbocycles. The molecule has 0 N–H and O–H groups in total. The van der Waals surface area contributed by atoms with Gasteiger partial charge >= 0.3 is 0 Å². The smallest absolute Gasteiger partial charge is 0.205 e. The normalized spacial score (nSPS) is 9.91. The Morgan fingerprint density at radius 3 is 2.34 bits per heavy atom. The minimum Gasteiger partial charge on any atom is -0.449 e. The van der Waals surface area contributed by atoms with Gasteiger partial charge in [-0.2, -0.15) is 0 Å². The number of Topliss-reactive ketones (excluding diaryl/α,β-unsaturated/α-hetero) is 1. The van der Waals surface area contributed by atoms with Crippen molar-refractivity contribution in [1.29, 1.82) is 0 Å². The number of hydrogen-bond donors (Lipinski definition) is 0. The van der Waals surface area contributed by atoms with Crippen molar-refractivity contribution in [3.8, 4) is 11.8 Å². The van der Waals surface area contributed by atoms with Crippen molar-refractivity contribution in [2.45, 2.75) is 27.2 Å². The summed E-state index contributed by atoms with van der Waals surface area (Å²) >= 11 is 0. The van der Waals surface area contributed by atoms with Gasteiger partial charge in [0.25, 0.3) is 0 Å². The number of carbonyl (C=O) groups is 4. The summed E-state index contributed by atoms with van der Waals surface area (Å²) in [6.45, 7) is 9.59. The lowest BCUT2D eigenvalue weighted by atomic mass is 9.99. The van der Waals surface area contributed by atoms with Gasteiger partial charge in [-0.05, 0) is 31.6 Å². The maximum atomic E-state index is 12.4. The van der Waals surface area contributed by atoms with E-state index in [0.717, 1.165) is 25.2 Å². The number of furan rings is 1. The maximum absolute atomic E-state index is 12.4. The zero-order valence-electron chi connectivity index (χ0n) is 19.0. The predicted octanol–water partition coefficient (Wildman–Crippen LogP) is 3.38. The Labute approximate surface area is 188 Å². The van der Waals surface area contributed by atoms with E-state index in [9.17, 15) is 19.2 Å². The zero-order valence-corrected chi connectivity index (χ0v) is 19.0. The van der Waals surface area contributed by atoms with Crippen molar-refractivity contribution in [3.05, 3.63) is 58.5 Å². The number of ether oxygens (including phenoxy) is 1. The average Bonchev–Trinajstić information content (AvgIpc) is 3.24. The van der Waals surface area contributed by atoms with Gasteiger partial charge in [0.1, 0.15) is 12.9 Å². The summed E-state index contributed by atoms with van der Waals surface area (Å²) in [6, 6.07) is 8.11. The molecule has 0 spiro atoms. The largest absolute Gasteiger partial charge is 0.449 e. The maximum Gasteiger partial charge on any atom is 0.205 e. The lowest BCUT2D eigenvalue weighted by Gasteiger charge is -2.12. The molecule has 170 valence electrons. The van der Waals surface area contributed by atoms with E-state index in [2.05, 4.69) is 30.6 Å². The highest BCUT2D eigenvalue weighted by atomic mass is 16.5. The van der Waals surface area contributed by atoms with Gasteiger partial charge < -0.3 is 13.9 Å². The summed E-state index contributed by atoms with van der Waals surface area (Å²) in [7, 11) is 1.66. The first-order valence-electron chi connectivity index (χ1n) is 10.3. The molecule has 0 aliphatic carbocycles. The SMILES string of the molecule is CCN(CC)CC#CCOC.Cc1ccccc1C(=O)c1cc(C(=O)CC=O)oc1C=O. The molecule has 1 aromatic heterocycles. The fourth-order valence-corrected chi connectivity index (χ4v) is 2.69. The molecule has 0 bridgehead atoms. The Balaban J connectivity index is 0.000000396. The molecule has 0 amide bonds. The highest BCUT2D eigenvalue weighted by molar-refractivity contribution is 6.14. The Morgan fingerprint density at radius 2 is 1.78 bits per heavy atom. The summed E-state index contributed by atoms with van der Waals surface area (Å²) in [5.74, 6) is 4.61. The highest BCUT2D eigenvalue weighted by Gasteiger charge is 2.22. The molecule has 2 aromatic rings. The van der Waals surface area contributed by atoms with Crippen LogP contribution in [0.4, 0.5) is 0 Å². The van der Waals surface area contributed by atoms with Crippen LogP contribution in [0.2, 0.25) is 0 Å². The third-order valence-corrected chi connectivity index (χ3v) is 4.58. The van der Waals surface area contributed by atoms with Gasteiger partial charge in [-0.15, -0.1) is 0 Å². The molecule has 7 heteroatoms. The summed E-state index contributed by atoms with van der Waals surface area (Å²) in [6.07, 6.45) is 0.460. The molecule has 1 heterocycles. The van der Waals surface area contributed by atoms with Gasteiger partial charge in [0.15, 0.2) is 23.6 Å². The van der Waals surface area contributed by atoms with Crippen molar-refractivity contribution < 1.29 is 28.3 Å². The first-order valence-corrected chi connectivity index (χ1v) is 10.3. The molecular weight excluding hydrogens is 410 g/mol. The molecule has 0 saturated carbocycles. The first-order chi connectivity index (χ1) is 15.4. The van der Waals surface area contributed by atoms with Crippen LogP contribution in [0.1, 0.15) is 62.9 Å². The van der Waals surface area contributed by atoms with Crippen LogP contribution >= 0.6 is 0 Å².